The molecule has 1 atom stereocenters. The third-order valence-electron chi connectivity index (χ3n) is 1.32. The zero-order chi connectivity index (χ0) is 6.57. The van der Waals surface area contributed by atoms with Crippen LogP contribution in [0.1, 0.15) is 6.92 Å². The highest BCUT2D eigenvalue weighted by molar-refractivity contribution is 6.66. The normalized spacial score (nSPS) is 13.0. The van der Waals surface area contributed by atoms with Gasteiger partial charge in [0.25, 0.3) is 0 Å². The molecule has 0 aromatic rings. The maximum Gasteiger partial charge on any atom is 0.310 e. The molecule has 0 heterocycles. The molecule has 0 bridgehead atoms. The summed E-state index contributed by atoms with van der Waals surface area (Å²) in [5, 5.41) is 17.2. The van der Waals surface area contributed by atoms with Gasteiger partial charge in [0, 0.05) is 6.51 Å². The first-order valence-corrected chi connectivity index (χ1v) is 2.80. The van der Waals surface area contributed by atoms with Crippen LogP contribution in [0.25, 0.3) is 0 Å². The quantitative estimate of drug-likeness (QED) is 0.488. The van der Waals surface area contributed by atoms with Crippen LogP contribution in [0.2, 0.25) is 12.5 Å². The predicted molar refractivity (Wildman–Crippen MR) is 36.1 cm³/mol. The topological polar surface area (TPSA) is 40.5 Å². The molecule has 0 fully saturated rings. The maximum atomic E-state index is 8.85. The molecule has 0 saturated carbocycles. The highest BCUT2D eigenvalue weighted by atomic mass is 16.3. The van der Waals surface area contributed by atoms with Crippen LogP contribution in [0.4, 0.5) is 0 Å². The largest absolute Gasteiger partial charge is 0.449 e. The minimum Gasteiger partial charge on any atom is -0.449 e. The van der Waals surface area contributed by atoms with Gasteiger partial charge in [0.15, 0.2) is 0 Å². The second-order valence-corrected chi connectivity index (χ2v) is 1.94. The lowest BCUT2D eigenvalue weighted by atomic mass is 9.42. The van der Waals surface area contributed by atoms with Gasteiger partial charge in [-0.05, 0) is 0 Å². The van der Waals surface area contributed by atoms with Gasteiger partial charge in [0.05, 0.1) is 0 Å². The van der Waals surface area contributed by atoms with Crippen LogP contribution in [0.5, 0.6) is 0 Å². The first-order chi connectivity index (χ1) is 3.72. The van der Waals surface area contributed by atoms with Crippen molar-refractivity contribution < 1.29 is 10.1 Å². The SMILES string of the molecule is C[B]C(C)B(O)CO. The van der Waals surface area contributed by atoms with Gasteiger partial charge >= 0.3 is 6.92 Å². The summed E-state index contributed by atoms with van der Waals surface area (Å²) in [6.45, 7) is 3.00. The van der Waals surface area contributed by atoms with Crippen LogP contribution < -0.4 is 0 Å². The predicted octanol–water partition coefficient (Wildman–Crippen LogP) is -0.398. The van der Waals surface area contributed by atoms with Gasteiger partial charge in [-0.1, -0.05) is 19.5 Å². The smallest absolute Gasteiger partial charge is 0.310 e. The van der Waals surface area contributed by atoms with E-state index in [1.165, 1.54) is 0 Å². The molecule has 8 heavy (non-hydrogen) atoms. The van der Waals surface area contributed by atoms with Crippen molar-refractivity contribution in [1.29, 1.82) is 0 Å². The molecule has 0 amide bonds. The van der Waals surface area contributed by atoms with E-state index >= 15 is 0 Å². The second-order valence-electron chi connectivity index (χ2n) is 1.94. The zero-order valence-electron chi connectivity index (χ0n) is 5.33. The van der Waals surface area contributed by atoms with Crippen molar-refractivity contribution >= 4 is 14.2 Å². The number of rotatable bonds is 3. The van der Waals surface area contributed by atoms with E-state index in [1.807, 2.05) is 21.0 Å². The third kappa shape index (κ3) is 2.38. The van der Waals surface area contributed by atoms with Gasteiger partial charge in [-0.3, -0.25) is 0 Å². The zero-order valence-corrected chi connectivity index (χ0v) is 5.33. The van der Waals surface area contributed by atoms with Crippen LogP contribution in [0.15, 0.2) is 0 Å². The fourth-order valence-electron chi connectivity index (χ4n) is 0.388. The van der Waals surface area contributed by atoms with Gasteiger partial charge < -0.3 is 10.1 Å². The Balaban J connectivity index is 3.29. The Morgan fingerprint density at radius 3 is 2.38 bits per heavy atom. The Hall–Kier alpha value is 0.0499. The summed E-state index contributed by atoms with van der Waals surface area (Å²) in [6.07, 6.45) is 0. The number of aliphatic hydroxyl groups excluding tert-OH is 1. The van der Waals surface area contributed by atoms with Crippen molar-refractivity contribution in [3.63, 3.8) is 0 Å². The average molecular weight is 113 g/mol. The van der Waals surface area contributed by atoms with Crippen molar-refractivity contribution in [1.82, 2.24) is 0 Å². The molecule has 0 aliphatic heterocycles. The fourth-order valence-corrected chi connectivity index (χ4v) is 0.388. The summed E-state index contributed by atoms with van der Waals surface area (Å²) in [4.78, 5) is 0. The lowest BCUT2D eigenvalue weighted by molar-refractivity contribution is 0.337. The summed E-state index contributed by atoms with van der Waals surface area (Å²) in [6, 6.07) is 0. The lowest BCUT2D eigenvalue weighted by Crippen LogP contribution is -2.26. The highest BCUT2D eigenvalue weighted by Crippen LogP contribution is 2.01. The number of aliphatic hydroxyl groups is 1. The van der Waals surface area contributed by atoms with Gasteiger partial charge in [-0.2, -0.15) is 0 Å². The van der Waals surface area contributed by atoms with Crippen LogP contribution in [0.3, 0.4) is 0 Å². The Kier molecular flexibility index (Phi) is 4.01. The monoisotopic (exact) mass is 113 g/mol. The Morgan fingerprint density at radius 1 is 1.75 bits per heavy atom. The van der Waals surface area contributed by atoms with Crippen LogP contribution in [-0.2, 0) is 0 Å². The van der Waals surface area contributed by atoms with E-state index in [1.54, 1.807) is 0 Å². The molecule has 0 spiro atoms. The van der Waals surface area contributed by atoms with E-state index in [2.05, 4.69) is 0 Å². The van der Waals surface area contributed by atoms with E-state index in [9.17, 15) is 0 Å². The van der Waals surface area contributed by atoms with Crippen molar-refractivity contribution in [3.05, 3.63) is 0 Å². The average Bonchev–Trinajstić information content (AvgIpc) is 1.84. The first-order valence-electron chi connectivity index (χ1n) is 2.80. The Morgan fingerprint density at radius 2 is 2.25 bits per heavy atom. The minimum atomic E-state index is -0.583. The van der Waals surface area contributed by atoms with E-state index < -0.39 is 6.92 Å². The fraction of sp³-hybridized carbons (Fsp3) is 1.00. The van der Waals surface area contributed by atoms with E-state index in [4.69, 9.17) is 10.1 Å². The van der Waals surface area contributed by atoms with Gasteiger partial charge in [-0.25, -0.2) is 0 Å². The molecular weight excluding hydrogens is 102 g/mol. The van der Waals surface area contributed by atoms with Crippen LogP contribution in [-0.4, -0.2) is 30.8 Å². The summed E-state index contributed by atoms with van der Waals surface area (Å²) in [5.41, 5.74) is 0.0972. The van der Waals surface area contributed by atoms with Crippen LogP contribution >= 0.6 is 0 Å². The van der Waals surface area contributed by atoms with E-state index in [0.29, 0.717) is 0 Å². The molecule has 2 N–H and O–H groups in total. The lowest BCUT2D eigenvalue weighted by Gasteiger charge is -2.07. The second kappa shape index (κ2) is 3.98. The summed E-state index contributed by atoms with van der Waals surface area (Å²) >= 11 is 0. The molecule has 0 aliphatic rings. The van der Waals surface area contributed by atoms with Crippen molar-refractivity contribution in [3.8, 4) is 0 Å². The molecule has 0 rings (SSSR count). The molecule has 2 nitrogen and oxygen atoms in total. The van der Waals surface area contributed by atoms with E-state index in [-0.39, 0.29) is 12.2 Å². The maximum absolute atomic E-state index is 8.85. The molecule has 0 aromatic heterocycles. The summed E-state index contributed by atoms with van der Waals surface area (Å²) in [5.74, 6) is 0. The molecule has 0 aliphatic carbocycles. The first kappa shape index (κ1) is 8.05. The van der Waals surface area contributed by atoms with Crippen molar-refractivity contribution in [2.24, 2.45) is 0 Å². The molecular formula is C4H11B2O2. The van der Waals surface area contributed by atoms with Gasteiger partial charge in [0.1, 0.15) is 7.28 Å². The molecule has 0 saturated heterocycles. The molecule has 4 heteroatoms. The molecule has 1 unspecified atom stereocenters. The standard InChI is InChI=1S/C4H11B2O2/c1-4(5-2)6(8)3-7/h4,7-8H,3H2,1-2H3. The molecule has 0 aromatic carbocycles. The number of hydrogen-bond donors (Lipinski definition) is 2. The summed E-state index contributed by atoms with van der Waals surface area (Å²) < 4.78 is 0. The molecule has 45 valence electrons. The highest BCUT2D eigenvalue weighted by Gasteiger charge is 2.16. The Bertz CT molecular complexity index is 52.0. The van der Waals surface area contributed by atoms with Gasteiger partial charge in [-0.15, -0.1) is 0 Å². The third-order valence-corrected chi connectivity index (χ3v) is 1.32. The van der Waals surface area contributed by atoms with Crippen LogP contribution in [0, 0.1) is 0 Å². The van der Waals surface area contributed by atoms with E-state index in [0.717, 1.165) is 0 Å². The minimum absolute atomic E-state index is 0.0972. The van der Waals surface area contributed by atoms with Gasteiger partial charge in [0.2, 0.25) is 0 Å². The van der Waals surface area contributed by atoms with Crippen molar-refractivity contribution in [2.75, 3.05) is 6.51 Å². The van der Waals surface area contributed by atoms with Crippen molar-refractivity contribution in [2.45, 2.75) is 19.5 Å². The molecule has 1 radical (unpaired) electrons. The summed E-state index contributed by atoms with van der Waals surface area (Å²) in [7, 11) is 1.86. The number of hydrogen-bond acceptors (Lipinski definition) is 2. The Labute approximate surface area is 51.3 Å².